The second-order valence-corrected chi connectivity index (χ2v) is 5.52. The van der Waals surface area contributed by atoms with E-state index in [1.165, 1.54) is 0 Å². The molecule has 130 valence electrons. The van der Waals surface area contributed by atoms with Crippen molar-refractivity contribution in [1.82, 2.24) is 9.88 Å². The van der Waals surface area contributed by atoms with Crippen molar-refractivity contribution >= 4 is 11.8 Å². The van der Waals surface area contributed by atoms with Crippen LogP contribution in [0.4, 0.5) is 5.82 Å². The molecule has 0 aliphatic heterocycles. The Hall–Kier alpha value is -3.28. The second kappa shape index (κ2) is 8.01. The maximum absolute atomic E-state index is 11.2. The molecule has 25 heavy (non-hydrogen) atoms. The lowest BCUT2D eigenvalue weighted by Crippen LogP contribution is -2.18. The lowest BCUT2D eigenvalue weighted by Gasteiger charge is -2.18. The summed E-state index contributed by atoms with van der Waals surface area (Å²) >= 11 is 0. The Morgan fingerprint density at radius 1 is 1.36 bits per heavy atom. The summed E-state index contributed by atoms with van der Waals surface area (Å²) in [4.78, 5) is 17.4. The van der Waals surface area contributed by atoms with Gasteiger partial charge in [-0.3, -0.25) is 0 Å². The normalized spacial score (nSPS) is 10.9. The number of nitrogens with zero attached hydrogens (tertiary/aromatic N) is 2. The minimum Gasteiger partial charge on any atom is -0.478 e. The van der Waals surface area contributed by atoms with Gasteiger partial charge in [-0.25, -0.2) is 9.78 Å². The molecule has 0 atom stereocenters. The van der Waals surface area contributed by atoms with E-state index >= 15 is 0 Å². The maximum atomic E-state index is 11.2. The molecule has 1 aromatic heterocycles. The number of anilines is 1. The first-order valence-corrected chi connectivity index (χ1v) is 7.66. The van der Waals surface area contributed by atoms with Crippen molar-refractivity contribution < 1.29 is 14.6 Å². The molecular formula is C19H21N3O3. The van der Waals surface area contributed by atoms with Gasteiger partial charge < -0.3 is 20.1 Å². The zero-order valence-electron chi connectivity index (χ0n) is 14.5. The zero-order valence-corrected chi connectivity index (χ0v) is 14.5. The van der Waals surface area contributed by atoms with E-state index in [1.54, 1.807) is 49.5 Å². The monoisotopic (exact) mass is 339 g/mol. The van der Waals surface area contributed by atoms with Crippen LogP contribution >= 0.6 is 0 Å². The molecule has 1 heterocycles. The summed E-state index contributed by atoms with van der Waals surface area (Å²) in [5, 5.41) is 12.4. The number of carbonyl (C=O) groups is 1. The van der Waals surface area contributed by atoms with Crippen LogP contribution in [0, 0.1) is 6.92 Å². The topological polar surface area (TPSA) is 74.7 Å². The van der Waals surface area contributed by atoms with Crippen molar-refractivity contribution in [2.75, 3.05) is 19.4 Å². The molecule has 0 fully saturated rings. The Labute approximate surface area is 147 Å². The molecular weight excluding hydrogens is 318 g/mol. The Kier molecular flexibility index (Phi) is 5.79. The molecule has 6 nitrogen and oxygen atoms in total. The average Bonchev–Trinajstić information content (AvgIpc) is 2.56. The molecule has 0 radical (unpaired) electrons. The van der Waals surface area contributed by atoms with Crippen LogP contribution in [0.1, 0.15) is 15.9 Å². The quantitative estimate of drug-likeness (QED) is 0.746. The number of nitrogens with one attached hydrogen (secondary N) is 1. The summed E-state index contributed by atoms with van der Waals surface area (Å²) in [5.41, 5.74) is 0.788. The van der Waals surface area contributed by atoms with E-state index in [1.807, 2.05) is 25.1 Å². The molecule has 0 spiro atoms. The summed E-state index contributed by atoms with van der Waals surface area (Å²) in [6.07, 6.45) is 5.13. The number of hydrogen-bond acceptors (Lipinski definition) is 5. The van der Waals surface area contributed by atoms with E-state index in [9.17, 15) is 9.90 Å². The van der Waals surface area contributed by atoms with Crippen LogP contribution in [0.5, 0.6) is 11.5 Å². The van der Waals surface area contributed by atoms with Gasteiger partial charge in [0.2, 0.25) is 0 Å². The van der Waals surface area contributed by atoms with Gasteiger partial charge >= 0.3 is 5.97 Å². The van der Waals surface area contributed by atoms with Crippen molar-refractivity contribution in [3.8, 4) is 11.5 Å². The number of benzene rings is 1. The molecule has 6 heteroatoms. The lowest BCUT2D eigenvalue weighted by atomic mass is 10.1. The summed E-state index contributed by atoms with van der Waals surface area (Å²) < 4.78 is 5.85. The van der Waals surface area contributed by atoms with Gasteiger partial charge in [0.25, 0.3) is 0 Å². The van der Waals surface area contributed by atoms with Crippen molar-refractivity contribution in [3.63, 3.8) is 0 Å². The lowest BCUT2D eigenvalue weighted by molar-refractivity contribution is 0.0695. The molecule has 2 N–H and O–H groups in total. The minimum absolute atomic E-state index is 0.216. The fourth-order valence-corrected chi connectivity index (χ4v) is 2.17. The zero-order chi connectivity index (χ0) is 18.4. The molecule has 0 aliphatic rings. The van der Waals surface area contributed by atoms with Crippen LogP contribution in [0.15, 0.2) is 61.1 Å². The van der Waals surface area contributed by atoms with Crippen molar-refractivity contribution in [1.29, 1.82) is 0 Å². The van der Waals surface area contributed by atoms with E-state index < -0.39 is 5.97 Å². The molecule has 0 saturated carbocycles. The van der Waals surface area contributed by atoms with E-state index in [0.29, 0.717) is 22.9 Å². The van der Waals surface area contributed by atoms with Crippen molar-refractivity contribution in [2.45, 2.75) is 6.92 Å². The molecule has 2 rings (SSSR count). The van der Waals surface area contributed by atoms with Gasteiger partial charge in [-0.05, 0) is 31.2 Å². The van der Waals surface area contributed by atoms with Crippen LogP contribution in [0.3, 0.4) is 0 Å². The van der Waals surface area contributed by atoms with Gasteiger partial charge in [0.15, 0.2) is 0 Å². The third kappa shape index (κ3) is 4.60. The van der Waals surface area contributed by atoms with Crippen LogP contribution < -0.4 is 10.1 Å². The minimum atomic E-state index is -0.981. The van der Waals surface area contributed by atoms with Crippen LogP contribution in [0.25, 0.3) is 0 Å². The van der Waals surface area contributed by atoms with Crippen LogP contribution in [-0.2, 0) is 0 Å². The summed E-state index contributed by atoms with van der Waals surface area (Å²) in [7, 11) is 3.81. The highest BCUT2D eigenvalue weighted by Gasteiger charge is 2.12. The number of rotatable bonds is 7. The first-order valence-electron chi connectivity index (χ1n) is 7.66. The predicted molar refractivity (Wildman–Crippen MR) is 98.0 cm³/mol. The fraction of sp³-hybridized carbons (Fsp3) is 0.158. The number of carboxylic acids is 1. The van der Waals surface area contributed by atoms with Crippen LogP contribution in [0.2, 0.25) is 0 Å². The second-order valence-electron chi connectivity index (χ2n) is 5.52. The van der Waals surface area contributed by atoms with Gasteiger partial charge in [0.05, 0.1) is 5.56 Å². The average molecular weight is 339 g/mol. The molecule has 0 aliphatic carbocycles. The number of allylic oxidation sites excluding steroid dienone is 2. The van der Waals surface area contributed by atoms with Gasteiger partial charge in [-0.2, -0.15) is 0 Å². The standard InChI is InChI=1S/C19H21N3O3/c1-5-7-18(22(3)4)21-17-12-14(10-11-20-17)25-16-9-6-8-15(13(16)2)19(23)24/h5-12H,1H2,2-4H3,(H,20,21)(H,23,24)/b18-7-. The summed E-state index contributed by atoms with van der Waals surface area (Å²) in [5.74, 6) is 1.49. The number of aromatic carboxylic acids is 1. The Morgan fingerprint density at radius 3 is 2.76 bits per heavy atom. The highest BCUT2D eigenvalue weighted by molar-refractivity contribution is 5.90. The molecule has 0 saturated heterocycles. The molecule has 0 unspecified atom stereocenters. The first kappa shape index (κ1) is 18.1. The number of ether oxygens (including phenoxy) is 1. The third-order valence-electron chi connectivity index (χ3n) is 3.49. The first-order chi connectivity index (χ1) is 11.9. The predicted octanol–water partition coefficient (Wildman–Crippen LogP) is 3.88. The molecule has 0 bridgehead atoms. The number of aromatic nitrogens is 1. The van der Waals surface area contributed by atoms with Gasteiger partial charge in [-0.1, -0.05) is 18.7 Å². The van der Waals surface area contributed by atoms with Crippen LogP contribution in [-0.4, -0.2) is 35.1 Å². The number of hydrogen-bond donors (Lipinski definition) is 2. The SMILES string of the molecule is C=C/C=C(/Nc1cc(Oc2cccc(C(=O)O)c2C)ccn1)N(C)C. The summed E-state index contributed by atoms with van der Waals surface area (Å²) in [6, 6.07) is 8.40. The van der Waals surface area contributed by atoms with E-state index in [4.69, 9.17) is 4.74 Å². The van der Waals surface area contributed by atoms with Crippen molar-refractivity contribution in [2.24, 2.45) is 0 Å². The number of pyridine rings is 1. The smallest absolute Gasteiger partial charge is 0.336 e. The highest BCUT2D eigenvalue weighted by atomic mass is 16.5. The largest absolute Gasteiger partial charge is 0.478 e. The molecule has 0 amide bonds. The molecule has 1 aromatic carbocycles. The fourth-order valence-electron chi connectivity index (χ4n) is 2.17. The van der Waals surface area contributed by atoms with E-state index in [0.717, 1.165) is 5.82 Å². The van der Waals surface area contributed by atoms with Gasteiger partial charge in [0, 0.05) is 31.9 Å². The van der Waals surface area contributed by atoms with E-state index in [2.05, 4.69) is 16.9 Å². The van der Waals surface area contributed by atoms with Gasteiger partial charge in [-0.15, -0.1) is 0 Å². The summed E-state index contributed by atoms with van der Waals surface area (Å²) in [6.45, 7) is 5.41. The van der Waals surface area contributed by atoms with E-state index in [-0.39, 0.29) is 5.56 Å². The Balaban J connectivity index is 2.25. The van der Waals surface area contributed by atoms with Crippen molar-refractivity contribution in [3.05, 3.63) is 72.2 Å². The molecule has 2 aromatic rings. The Bertz CT molecular complexity index is 813. The maximum Gasteiger partial charge on any atom is 0.336 e. The third-order valence-corrected chi connectivity index (χ3v) is 3.49. The number of carboxylic acid groups (broad SMARTS) is 1. The Morgan fingerprint density at radius 2 is 2.12 bits per heavy atom. The highest BCUT2D eigenvalue weighted by Crippen LogP contribution is 2.28. The van der Waals surface area contributed by atoms with Gasteiger partial charge in [0.1, 0.15) is 23.1 Å².